The average Bonchev–Trinajstić information content (AvgIpc) is 3.56. The van der Waals surface area contributed by atoms with Crippen LogP contribution in [0.2, 0.25) is 0 Å². The van der Waals surface area contributed by atoms with E-state index in [1.54, 1.807) is 0 Å². The van der Waals surface area contributed by atoms with Crippen LogP contribution in [0.4, 0.5) is 0 Å². The molecule has 8 rings (SSSR count). The fraction of sp³-hybridized carbons (Fsp3) is 0. The Balaban J connectivity index is 1.46. The summed E-state index contributed by atoms with van der Waals surface area (Å²) in [4.78, 5) is 0. The van der Waals surface area contributed by atoms with Gasteiger partial charge in [0.15, 0.2) is 5.82 Å². The third-order valence-electron chi connectivity index (χ3n) is 7.45. The summed E-state index contributed by atoms with van der Waals surface area (Å²) in [5.74, 6) is 0.804. The highest BCUT2D eigenvalue weighted by Crippen LogP contribution is 2.38. The fourth-order valence-corrected chi connectivity index (χ4v) is 5.66. The van der Waals surface area contributed by atoms with Crippen LogP contribution in [0, 0.1) is 0 Å². The van der Waals surface area contributed by atoms with E-state index in [2.05, 4.69) is 124 Å². The second-order valence-electron chi connectivity index (χ2n) is 9.61. The lowest BCUT2D eigenvalue weighted by Gasteiger charge is -2.10. The Bertz CT molecular complexity index is 2100. The summed E-state index contributed by atoms with van der Waals surface area (Å²) in [7, 11) is 0. The maximum atomic E-state index is 4.76. The molecule has 0 atom stereocenters. The van der Waals surface area contributed by atoms with Crippen molar-refractivity contribution in [1.82, 2.24) is 19.3 Å². The summed E-state index contributed by atoms with van der Waals surface area (Å²) >= 11 is 0. The van der Waals surface area contributed by atoms with Gasteiger partial charge in [0.25, 0.3) is 0 Å². The first kappa shape index (κ1) is 20.9. The molecular formula is C34H22N4. The van der Waals surface area contributed by atoms with Gasteiger partial charge in [0.1, 0.15) is 0 Å². The van der Waals surface area contributed by atoms with Crippen LogP contribution < -0.4 is 0 Å². The van der Waals surface area contributed by atoms with Crippen molar-refractivity contribution in [3.8, 4) is 22.8 Å². The lowest BCUT2D eigenvalue weighted by molar-refractivity contribution is 0.959. The van der Waals surface area contributed by atoms with Gasteiger partial charge in [-0.25, -0.2) is 0 Å². The summed E-state index contributed by atoms with van der Waals surface area (Å²) in [6.07, 6.45) is 2.15. The molecule has 4 heteroatoms. The molecule has 0 saturated heterocycles. The van der Waals surface area contributed by atoms with Crippen molar-refractivity contribution in [2.45, 2.75) is 0 Å². The Morgan fingerprint density at radius 3 is 2.11 bits per heavy atom. The van der Waals surface area contributed by atoms with E-state index in [1.807, 2.05) is 24.3 Å². The van der Waals surface area contributed by atoms with Crippen LogP contribution >= 0.6 is 0 Å². The summed E-state index contributed by atoms with van der Waals surface area (Å²) in [5.41, 5.74) is 6.48. The molecule has 0 amide bonds. The third kappa shape index (κ3) is 3.10. The quantitative estimate of drug-likeness (QED) is 0.252. The van der Waals surface area contributed by atoms with E-state index in [4.69, 9.17) is 5.10 Å². The van der Waals surface area contributed by atoms with Gasteiger partial charge in [-0.05, 0) is 47.9 Å². The zero-order valence-corrected chi connectivity index (χ0v) is 20.5. The minimum Gasteiger partial charge on any atom is -0.316 e. The van der Waals surface area contributed by atoms with Crippen LogP contribution in [-0.4, -0.2) is 19.3 Å². The number of hydrogen-bond donors (Lipinski definition) is 0. The molecule has 3 heterocycles. The molecule has 0 N–H and O–H groups in total. The van der Waals surface area contributed by atoms with Crippen molar-refractivity contribution in [1.29, 1.82) is 0 Å². The summed E-state index contributed by atoms with van der Waals surface area (Å²) < 4.78 is 4.52. The van der Waals surface area contributed by atoms with Crippen molar-refractivity contribution in [3.63, 3.8) is 0 Å². The van der Waals surface area contributed by atoms with Crippen molar-refractivity contribution < 1.29 is 0 Å². The molecule has 0 bridgehead atoms. The van der Waals surface area contributed by atoms with Crippen molar-refractivity contribution in [3.05, 3.63) is 134 Å². The average molecular weight is 487 g/mol. The summed E-state index contributed by atoms with van der Waals surface area (Å²) in [5, 5.41) is 15.4. The zero-order valence-electron chi connectivity index (χ0n) is 20.5. The molecule has 0 unspecified atom stereocenters. The minimum atomic E-state index is 0.804. The molecule has 0 spiro atoms. The van der Waals surface area contributed by atoms with Gasteiger partial charge in [-0.15, -0.1) is 10.2 Å². The van der Waals surface area contributed by atoms with Crippen LogP contribution in [0.1, 0.15) is 0 Å². The van der Waals surface area contributed by atoms with Gasteiger partial charge in [-0.3, -0.25) is 4.57 Å². The Morgan fingerprint density at radius 1 is 0.500 bits per heavy atom. The van der Waals surface area contributed by atoms with Gasteiger partial charge in [-0.1, -0.05) is 84.9 Å². The molecule has 0 radical (unpaired) electrons. The Kier molecular flexibility index (Phi) is 4.49. The van der Waals surface area contributed by atoms with E-state index in [1.165, 1.54) is 26.9 Å². The van der Waals surface area contributed by atoms with Gasteiger partial charge in [0.2, 0.25) is 0 Å². The molecule has 0 saturated carbocycles. The second-order valence-corrected chi connectivity index (χ2v) is 9.61. The predicted molar refractivity (Wildman–Crippen MR) is 156 cm³/mol. The Morgan fingerprint density at radius 2 is 1.29 bits per heavy atom. The number of rotatable bonds is 3. The second kappa shape index (κ2) is 8.15. The van der Waals surface area contributed by atoms with Gasteiger partial charge >= 0.3 is 0 Å². The number of aromatic nitrogens is 4. The molecule has 0 aliphatic carbocycles. The molecule has 0 fully saturated rings. The number of fused-ring (bicyclic) bond motifs is 6. The van der Waals surface area contributed by atoms with Gasteiger partial charge in [0, 0.05) is 39.0 Å². The minimum absolute atomic E-state index is 0.804. The fourth-order valence-electron chi connectivity index (χ4n) is 5.66. The normalized spacial score (nSPS) is 11.7. The van der Waals surface area contributed by atoms with Crippen LogP contribution in [0.3, 0.4) is 0 Å². The van der Waals surface area contributed by atoms with E-state index in [9.17, 15) is 0 Å². The van der Waals surface area contributed by atoms with E-state index in [0.717, 1.165) is 39.3 Å². The summed E-state index contributed by atoms with van der Waals surface area (Å²) in [6.45, 7) is 0. The van der Waals surface area contributed by atoms with E-state index in [0.29, 0.717) is 0 Å². The highest BCUT2D eigenvalue weighted by atomic mass is 15.2. The van der Waals surface area contributed by atoms with E-state index < -0.39 is 0 Å². The number of para-hydroxylation sites is 1. The van der Waals surface area contributed by atoms with E-state index in [-0.39, 0.29) is 0 Å². The molecule has 5 aromatic carbocycles. The van der Waals surface area contributed by atoms with Gasteiger partial charge < -0.3 is 4.57 Å². The molecule has 0 aliphatic rings. The van der Waals surface area contributed by atoms with Gasteiger partial charge in [-0.2, -0.15) is 0 Å². The maximum Gasteiger partial charge on any atom is 0.160 e. The van der Waals surface area contributed by atoms with Crippen molar-refractivity contribution in [2.24, 2.45) is 0 Å². The molecule has 8 aromatic rings. The number of nitrogens with zero attached hydrogens (tertiary/aromatic N) is 4. The lowest BCUT2D eigenvalue weighted by Crippen LogP contribution is -2.00. The largest absolute Gasteiger partial charge is 0.316 e. The highest BCUT2D eigenvalue weighted by molar-refractivity contribution is 6.20. The highest BCUT2D eigenvalue weighted by Gasteiger charge is 2.18. The zero-order chi connectivity index (χ0) is 25.1. The smallest absolute Gasteiger partial charge is 0.160 e. The van der Waals surface area contributed by atoms with Crippen LogP contribution in [0.25, 0.3) is 66.2 Å². The topological polar surface area (TPSA) is 35.6 Å². The maximum absolute atomic E-state index is 4.76. The number of benzene rings is 5. The molecular weight excluding hydrogens is 464 g/mol. The first-order valence-electron chi connectivity index (χ1n) is 12.8. The predicted octanol–water partition coefficient (Wildman–Crippen LogP) is 8.34. The van der Waals surface area contributed by atoms with Crippen LogP contribution in [0.15, 0.2) is 134 Å². The monoisotopic (exact) mass is 486 g/mol. The van der Waals surface area contributed by atoms with E-state index >= 15 is 0 Å². The molecule has 38 heavy (non-hydrogen) atoms. The molecule has 4 nitrogen and oxygen atoms in total. The summed E-state index contributed by atoms with van der Waals surface area (Å²) in [6, 6.07) is 44.6. The van der Waals surface area contributed by atoms with Gasteiger partial charge in [0.05, 0.1) is 22.2 Å². The van der Waals surface area contributed by atoms with Crippen LogP contribution in [-0.2, 0) is 0 Å². The Hall–Kier alpha value is -5.22. The third-order valence-corrected chi connectivity index (χ3v) is 7.45. The van der Waals surface area contributed by atoms with Crippen LogP contribution in [0.5, 0.6) is 0 Å². The lowest BCUT2D eigenvalue weighted by atomic mass is 10.1. The molecule has 0 aliphatic heterocycles. The first-order valence-corrected chi connectivity index (χ1v) is 12.8. The standard InChI is InChI=1S/C34H22N4/c1-3-10-24(11-4-1)30-17-18-33(36-35-30)38-32-22-31-25(19-20-37(31)26-12-5-2-6-13-26)21-29(32)28-16-15-23-9-7-8-14-27(23)34(28)38/h1-22H. The van der Waals surface area contributed by atoms with Crippen molar-refractivity contribution in [2.75, 3.05) is 0 Å². The SMILES string of the molecule is c1ccc(-c2ccc(-n3c4cc5c(ccn5-c5ccccc5)cc4c4ccc5ccccc5c43)nn2)cc1. The molecule has 178 valence electrons. The molecule has 3 aromatic heterocycles. The van der Waals surface area contributed by atoms with Crippen molar-refractivity contribution >= 4 is 43.5 Å². The number of hydrogen-bond acceptors (Lipinski definition) is 2. The first-order chi connectivity index (χ1) is 18.8. The Labute approximate surface area is 219 Å².